The zero-order valence-electron chi connectivity index (χ0n) is 17.0. The van der Waals surface area contributed by atoms with E-state index in [2.05, 4.69) is 10.1 Å². The number of amides is 2. The maximum Gasteiger partial charge on any atom is 0.522 e. The number of hydrogen-bond donors (Lipinski definition) is 1. The van der Waals surface area contributed by atoms with E-state index in [0.29, 0.717) is 19.5 Å². The van der Waals surface area contributed by atoms with E-state index >= 15 is 0 Å². The highest BCUT2D eigenvalue weighted by atomic mass is 35.5. The van der Waals surface area contributed by atoms with Crippen LogP contribution >= 0.6 is 11.6 Å². The molecule has 2 aliphatic rings. The molecule has 178 valence electrons. The van der Waals surface area contributed by atoms with Crippen molar-refractivity contribution in [2.75, 3.05) is 26.3 Å². The molecule has 2 fully saturated rings. The van der Waals surface area contributed by atoms with Crippen LogP contribution in [-0.2, 0) is 19.1 Å². The third-order valence-electron chi connectivity index (χ3n) is 5.21. The number of nitrogens with one attached hydrogen (secondary N) is 1. The average Bonchev–Trinajstić information content (AvgIpc) is 2.67. The number of rotatable bonds is 9. The average molecular weight is 483 g/mol. The molecular formula is C20H23ClF4N2O5. The smallest absolute Gasteiger partial charge is 0.484 e. The van der Waals surface area contributed by atoms with E-state index in [-0.39, 0.29) is 61.3 Å². The summed E-state index contributed by atoms with van der Waals surface area (Å²) in [5.74, 6) is -1.08. The lowest BCUT2D eigenvalue weighted by Crippen LogP contribution is -2.49. The number of benzene rings is 1. The van der Waals surface area contributed by atoms with Crippen molar-refractivity contribution in [3.63, 3.8) is 0 Å². The molecule has 3 rings (SSSR count). The van der Waals surface area contributed by atoms with Crippen LogP contribution in [0.5, 0.6) is 5.75 Å². The van der Waals surface area contributed by atoms with Gasteiger partial charge in [0.25, 0.3) is 5.91 Å². The molecule has 0 aromatic heterocycles. The van der Waals surface area contributed by atoms with Crippen LogP contribution in [-0.4, -0.2) is 67.6 Å². The topological polar surface area (TPSA) is 77.1 Å². The molecule has 1 heterocycles. The Hall–Kier alpha value is -2.11. The second-order valence-electron chi connectivity index (χ2n) is 7.65. The van der Waals surface area contributed by atoms with Crippen molar-refractivity contribution in [2.24, 2.45) is 0 Å². The van der Waals surface area contributed by atoms with E-state index < -0.39 is 24.2 Å². The predicted molar refractivity (Wildman–Crippen MR) is 105 cm³/mol. The van der Waals surface area contributed by atoms with E-state index in [1.54, 1.807) is 4.90 Å². The highest BCUT2D eigenvalue weighted by Crippen LogP contribution is 2.32. The van der Waals surface area contributed by atoms with Gasteiger partial charge >= 0.3 is 6.36 Å². The van der Waals surface area contributed by atoms with Crippen LogP contribution in [0.4, 0.5) is 17.6 Å². The van der Waals surface area contributed by atoms with Crippen molar-refractivity contribution in [1.29, 1.82) is 0 Å². The maximum absolute atomic E-state index is 13.4. The molecular weight excluding hydrogens is 460 g/mol. The lowest BCUT2D eigenvalue weighted by atomic mass is 9.92. The van der Waals surface area contributed by atoms with Crippen molar-refractivity contribution in [2.45, 2.75) is 50.3 Å². The third-order valence-corrected chi connectivity index (χ3v) is 5.52. The molecule has 1 N–H and O–H groups in total. The van der Waals surface area contributed by atoms with E-state index in [9.17, 15) is 27.2 Å². The molecule has 0 bridgehead atoms. The van der Waals surface area contributed by atoms with E-state index in [1.807, 2.05) is 0 Å². The summed E-state index contributed by atoms with van der Waals surface area (Å²) in [7, 11) is 0. The first kappa shape index (κ1) is 24.5. The summed E-state index contributed by atoms with van der Waals surface area (Å²) >= 11 is 5.59. The number of ether oxygens (including phenoxy) is 3. The number of carbonyl (C=O) groups is 2. The van der Waals surface area contributed by atoms with Gasteiger partial charge in [-0.3, -0.25) is 14.3 Å². The second kappa shape index (κ2) is 10.7. The van der Waals surface area contributed by atoms with Gasteiger partial charge in [-0.15, -0.1) is 13.2 Å². The Morgan fingerprint density at radius 2 is 2.00 bits per heavy atom. The number of carbonyl (C=O) groups excluding carboxylic acids is 2. The maximum atomic E-state index is 13.4. The van der Waals surface area contributed by atoms with Crippen LogP contribution in [0.15, 0.2) is 18.2 Å². The number of piperidine rings is 1. The fourth-order valence-corrected chi connectivity index (χ4v) is 3.61. The van der Waals surface area contributed by atoms with Crippen LogP contribution in [0.2, 0.25) is 5.02 Å². The zero-order chi connectivity index (χ0) is 23.3. The number of halogens is 5. The van der Waals surface area contributed by atoms with Crippen molar-refractivity contribution in [1.82, 2.24) is 10.2 Å². The van der Waals surface area contributed by atoms with Gasteiger partial charge in [0.1, 0.15) is 11.6 Å². The molecule has 0 radical (unpaired) electrons. The van der Waals surface area contributed by atoms with Crippen LogP contribution < -0.4 is 10.1 Å². The van der Waals surface area contributed by atoms with Gasteiger partial charge in [-0.2, -0.15) is 0 Å². The van der Waals surface area contributed by atoms with E-state index in [4.69, 9.17) is 21.1 Å². The minimum atomic E-state index is -4.64. The summed E-state index contributed by atoms with van der Waals surface area (Å²) in [6, 6.07) is 3.49. The highest BCUT2D eigenvalue weighted by Gasteiger charge is 2.40. The molecule has 1 saturated heterocycles. The minimum absolute atomic E-state index is 0.0511. The molecule has 1 aromatic carbocycles. The van der Waals surface area contributed by atoms with Gasteiger partial charge in [-0.1, -0.05) is 11.6 Å². The molecule has 0 spiro atoms. The predicted octanol–water partition coefficient (Wildman–Crippen LogP) is 3.05. The lowest BCUT2D eigenvalue weighted by molar-refractivity contribution is -0.357. The Kier molecular flexibility index (Phi) is 8.18. The third kappa shape index (κ3) is 7.49. The molecule has 7 nitrogen and oxygen atoms in total. The van der Waals surface area contributed by atoms with Crippen molar-refractivity contribution in [3.05, 3.63) is 29.0 Å². The molecule has 1 aliphatic heterocycles. The summed E-state index contributed by atoms with van der Waals surface area (Å²) in [6.45, 7) is 0.633. The Morgan fingerprint density at radius 3 is 2.66 bits per heavy atom. The number of hydrogen-bond acceptors (Lipinski definition) is 5. The first-order valence-corrected chi connectivity index (χ1v) is 10.5. The van der Waals surface area contributed by atoms with Gasteiger partial charge in [-0.25, -0.2) is 4.39 Å². The number of alkyl halides is 3. The van der Waals surface area contributed by atoms with Gasteiger partial charge < -0.3 is 19.7 Å². The van der Waals surface area contributed by atoms with Gasteiger partial charge in [0.05, 0.1) is 23.8 Å². The van der Waals surface area contributed by atoms with Gasteiger partial charge in [-0.05, 0) is 18.6 Å². The Balaban J connectivity index is 1.29. The summed E-state index contributed by atoms with van der Waals surface area (Å²) < 4.78 is 64.3. The molecule has 1 saturated carbocycles. The first-order valence-electron chi connectivity index (χ1n) is 10.1. The summed E-state index contributed by atoms with van der Waals surface area (Å²) in [5.41, 5.74) is 0. The van der Waals surface area contributed by atoms with Crippen molar-refractivity contribution < 1.29 is 41.4 Å². The van der Waals surface area contributed by atoms with Crippen molar-refractivity contribution in [3.8, 4) is 5.75 Å². The molecule has 1 atom stereocenters. The molecule has 1 aliphatic carbocycles. The molecule has 2 amide bonds. The van der Waals surface area contributed by atoms with Gasteiger partial charge in [0.15, 0.2) is 6.61 Å². The van der Waals surface area contributed by atoms with E-state index in [1.165, 1.54) is 12.1 Å². The second-order valence-corrected chi connectivity index (χ2v) is 8.06. The summed E-state index contributed by atoms with van der Waals surface area (Å²) in [5, 5.41) is 2.66. The molecule has 1 aromatic rings. The highest BCUT2D eigenvalue weighted by molar-refractivity contribution is 6.30. The van der Waals surface area contributed by atoms with Gasteiger partial charge in [0, 0.05) is 44.5 Å². The van der Waals surface area contributed by atoms with E-state index in [0.717, 1.165) is 6.07 Å². The van der Waals surface area contributed by atoms with Gasteiger partial charge in [0.2, 0.25) is 5.91 Å². The molecule has 1 unspecified atom stereocenters. The largest absolute Gasteiger partial charge is 0.522 e. The Morgan fingerprint density at radius 1 is 1.25 bits per heavy atom. The number of likely N-dealkylation sites (tertiary alicyclic amines) is 1. The summed E-state index contributed by atoms with van der Waals surface area (Å²) in [4.78, 5) is 25.9. The first-order chi connectivity index (χ1) is 15.1. The molecule has 32 heavy (non-hydrogen) atoms. The Bertz CT molecular complexity index is 820. The van der Waals surface area contributed by atoms with Crippen LogP contribution in [0.1, 0.15) is 25.7 Å². The zero-order valence-corrected chi connectivity index (χ0v) is 17.8. The van der Waals surface area contributed by atoms with Crippen molar-refractivity contribution >= 4 is 23.4 Å². The standard InChI is InChI=1S/C20H23ClF4N2O5/c21-16-2-1-13(10-17(16)22)31-11-18(28)26-12-3-4-27(19(29)7-12)5-6-30-14-8-15(9-14)32-20(23,24)25/h1-2,10,12,14-15H,3-9,11H2,(H,26,28). The van der Waals surface area contributed by atoms with Crippen LogP contribution in [0.25, 0.3) is 0 Å². The fraction of sp³-hybridized carbons (Fsp3) is 0.600. The fourth-order valence-electron chi connectivity index (χ4n) is 3.49. The SMILES string of the molecule is O=C(COc1ccc(Cl)c(F)c1)NC1CCN(CCOC2CC(OC(F)(F)F)C2)C(=O)C1. The summed E-state index contributed by atoms with van der Waals surface area (Å²) in [6.07, 6.45) is -4.81. The molecule has 12 heteroatoms. The van der Waals surface area contributed by atoms with Crippen LogP contribution in [0.3, 0.4) is 0 Å². The lowest BCUT2D eigenvalue weighted by Gasteiger charge is -2.36. The normalized spacial score (nSPS) is 23.6. The Labute approximate surface area is 186 Å². The monoisotopic (exact) mass is 482 g/mol. The van der Waals surface area contributed by atoms with Crippen LogP contribution in [0, 0.1) is 5.82 Å². The number of nitrogens with zero attached hydrogens (tertiary/aromatic N) is 1. The quantitative estimate of drug-likeness (QED) is 0.547. The minimum Gasteiger partial charge on any atom is -0.484 e.